The van der Waals surface area contributed by atoms with Gasteiger partial charge in [-0.1, -0.05) is 31.9 Å². The lowest BCUT2D eigenvalue weighted by Crippen LogP contribution is -2.31. The van der Waals surface area contributed by atoms with Gasteiger partial charge in [-0.05, 0) is 29.3 Å². The van der Waals surface area contributed by atoms with Crippen LogP contribution in [0.4, 0.5) is 0 Å². The molecule has 1 aliphatic rings. The summed E-state index contributed by atoms with van der Waals surface area (Å²) in [5, 5.41) is 14.1. The highest BCUT2D eigenvalue weighted by molar-refractivity contribution is 7.12. The van der Waals surface area contributed by atoms with Crippen LogP contribution < -0.4 is 0 Å². The second-order valence-electron chi connectivity index (χ2n) is 5.69. The maximum Gasteiger partial charge on any atom is 0.290 e. The Morgan fingerprint density at radius 3 is 2.58 bits per heavy atom. The Kier molecular flexibility index (Phi) is 5.16. The summed E-state index contributed by atoms with van der Waals surface area (Å²) in [6.45, 7) is 2.64. The molecule has 0 aliphatic carbocycles. The Labute approximate surface area is 149 Å². The number of ketones is 1. The lowest BCUT2D eigenvalue weighted by Gasteiger charge is -2.25. The number of rotatable bonds is 7. The van der Waals surface area contributed by atoms with Gasteiger partial charge in [0, 0.05) is 11.4 Å². The van der Waals surface area contributed by atoms with Gasteiger partial charge in [-0.15, -0.1) is 22.7 Å². The topological polar surface area (TPSA) is 57.6 Å². The summed E-state index contributed by atoms with van der Waals surface area (Å²) in [4.78, 5) is 28.5. The van der Waals surface area contributed by atoms with Crippen molar-refractivity contribution in [3.8, 4) is 0 Å². The van der Waals surface area contributed by atoms with Crippen LogP contribution in [-0.4, -0.2) is 28.2 Å². The maximum absolute atomic E-state index is 12.9. The number of carbonyl (C=O) groups excluding carboxylic acids is 2. The monoisotopic (exact) mass is 361 g/mol. The van der Waals surface area contributed by atoms with E-state index in [0.717, 1.165) is 24.1 Å². The number of amides is 1. The molecule has 1 N–H and O–H groups in total. The number of carbonyl (C=O) groups is 2. The minimum Gasteiger partial charge on any atom is -0.503 e. The molecule has 4 nitrogen and oxygen atoms in total. The van der Waals surface area contributed by atoms with Crippen molar-refractivity contribution in [1.29, 1.82) is 0 Å². The molecule has 0 bridgehead atoms. The summed E-state index contributed by atoms with van der Waals surface area (Å²) in [6, 6.07) is 6.85. The molecule has 0 saturated carbocycles. The first kappa shape index (κ1) is 16.9. The normalized spacial score (nSPS) is 17.8. The highest BCUT2D eigenvalue weighted by atomic mass is 32.1. The van der Waals surface area contributed by atoms with Crippen LogP contribution in [0.1, 0.15) is 46.8 Å². The third kappa shape index (κ3) is 3.03. The van der Waals surface area contributed by atoms with Crippen LogP contribution in [0.3, 0.4) is 0 Å². The minimum atomic E-state index is -0.482. The molecule has 2 aromatic heterocycles. The van der Waals surface area contributed by atoms with Crippen molar-refractivity contribution in [3.63, 3.8) is 0 Å². The van der Waals surface area contributed by atoms with Crippen LogP contribution in [0, 0.1) is 0 Å². The van der Waals surface area contributed by atoms with Crippen molar-refractivity contribution < 1.29 is 14.7 Å². The molecular formula is C18H19NO3S2. The van der Waals surface area contributed by atoms with E-state index in [1.165, 1.54) is 22.7 Å². The van der Waals surface area contributed by atoms with E-state index in [1.54, 1.807) is 17.0 Å². The summed E-state index contributed by atoms with van der Waals surface area (Å²) in [7, 11) is 0. The van der Waals surface area contributed by atoms with Crippen molar-refractivity contribution in [2.75, 3.05) is 6.54 Å². The number of nitrogens with zero attached hydrogens (tertiary/aromatic N) is 1. The molecule has 0 radical (unpaired) electrons. The van der Waals surface area contributed by atoms with Gasteiger partial charge in [0.25, 0.3) is 5.91 Å². The maximum atomic E-state index is 12.9. The number of Topliss-reactive ketones (excluding diaryl/α,β-unsaturated/α-hetero) is 1. The molecule has 1 atom stereocenters. The molecule has 3 rings (SSSR count). The van der Waals surface area contributed by atoms with Gasteiger partial charge in [-0.3, -0.25) is 9.59 Å². The van der Waals surface area contributed by atoms with Crippen molar-refractivity contribution in [1.82, 2.24) is 4.90 Å². The van der Waals surface area contributed by atoms with Crippen LogP contribution >= 0.6 is 22.7 Å². The van der Waals surface area contributed by atoms with Crippen LogP contribution in [-0.2, 0) is 4.79 Å². The predicted molar refractivity (Wildman–Crippen MR) is 96.6 cm³/mol. The van der Waals surface area contributed by atoms with Crippen LogP contribution in [0.2, 0.25) is 0 Å². The third-order valence-corrected chi connectivity index (χ3v) is 5.90. The van der Waals surface area contributed by atoms with Crippen LogP contribution in [0.25, 0.3) is 0 Å². The van der Waals surface area contributed by atoms with Gasteiger partial charge in [0.2, 0.25) is 5.78 Å². The summed E-state index contributed by atoms with van der Waals surface area (Å²) in [6.07, 6.45) is 2.92. The highest BCUT2D eigenvalue weighted by Gasteiger charge is 2.44. The highest BCUT2D eigenvalue weighted by Crippen LogP contribution is 2.41. The fourth-order valence-corrected chi connectivity index (χ4v) is 4.45. The van der Waals surface area contributed by atoms with E-state index in [2.05, 4.69) is 6.92 Å². The molecule has 6 heteroatoms. The Balaban J connectivity index is 1.98. The lowest BCUT2D eigenvalue weighted by atomic mass is 10.0. The van der Waals surface area contributed by atoms with E-state index >= 15 is 0 Å². The zero-order valence-corrected chi connectivity index (χ0v) is 15.0. The largest absolute Gasteiger partial charge is 0.503 e. The molecule has 3 heterocycles. The van der Waals surface area contributed by atoms with Gasteiger partial charge in [0.15, 0.2) is 5.76 Å². The molecule has 1 aliphatic heterocycles. The van der Waals surface area contributed by atoms with Crippen molar-refractivity contribution in [2.45, 2.75) is 32.2 Å². The molecule has 2 aromatic rings. The Morgan fingerprint density at radius 1 is 1.21 bits per heavy atom. The number of unbranched alkanes of at least 4 members (excludes halogenated alkanes) is 2. The quantitative estimate of drug-likeness (QED) is 0.580. The van der Waals surface area contributed by atoms with Crippen molar-refractivity contribution in [3.05, 3.63) is 56.1 Å². The Hall–Kier alpha value is -1.92. The minimum absolute atomic E-state index is 0.210. The van der Waals surface area contributed by atoms with Gasteiger partial charge in [-0.2, -0.15) is 0 Å². The SMILES string of the molecule is CCCCCN1C(=O)C(O)=C(C(=O)c2cccs2)C1c1cccs1. The second-order valence-corrected chi connectivity index (χ2v) is 7.62. The average molecular weight is 361 g/mol. The molecule has 24 heavy (non-hydrogen) atoms. The molecule has 0 spiro atoms. The van der Waals surface area contributed by atoms with Crippen molar-refractivity contribution in [2.24, 2.45) is 0 Å². The first-order chi connectivity index (χ1) is 11.6. The van der Waals surface area contributed by atoms with Gasteiger partial charge in [0.05, 0.1) is 16.5 Å². The van der Waals surface area contributed by atoms with E-state index in [9.17, 15) is 14.7 Å². The Morgan fingerprint density at radius 2 is 1.96 bits per heavy atom. The van der Waals surface area contributed by atoms with E-state index in [-0.39, 0.29) is 11.4 Å². The second kappa shape index (κ2) is 7.32. The fraction of sp³-hybridized carbons (Fsp3) is 0.333. The number of hydrogen-bond donors (Lipinski definition) is 1. The molecular weight excluding hydrogens is 342 g/mol. The number of thiophene rings is 2. The molecule has 0 saturated heterocycles. The molecule has 126 valence electrons. The lowest BCUT2D eigenvalue weighted by molar-refractivity contribution is -0.129. The zero-order valence-electron chi connectivity index (χ0n) is 13.4. The standard InChI is InChI=1S/C18H19NO3S2/c1-2-3-4-9-19-15(12-7-5-10-23-12)14(17(21)18(19)22)16(20)13-8-6-11-24-13/h5-8,10-11,15,21H,2-4,9H2,1H3. The first-order valence-corrected chi connectivity index (χ1v) is 9.76. The zero-order chi connectivity index (χ0) is 17.1. The van der Waals surface area contributed by atoms with E-state index in [1.807, 2.05) is 22.9 Å². The smallest absolute Gasteiger partial charge is 0.290 e. The summed E-state index contributed by atoms with van der Waals surface area (Å²) in [5.74, 6) is -1.10. The summed E-state index contributed by atoms with van der Waals surface area (Å²) >= 11 is 2.82. The number of aliphatic hydroxyl groups excluding tert-OH is 1. The van der Waals surface area contributed by atoms with E-state index < -0.39 is 17.7 Å². The third-order valence-electron chi connectivity index (χ3n) is 4.11. The first-order valence-electron chi connectivity index (χ1n) is 8.00. The average Bonchev–Trinajstić information content (AvgIpc) is 3.31. The summed E-state index contributed by atoms with van der Waals surface area (Å²) in [5.41, 5.74) is 0.210. The van der Waals surface area contributed by atoms with Gasteiger partial charge < -0.3 is 10.0 Å². The number of aliphatic hydroxyl groups is 1. The van der Waals surface area contributed by atoms with Crippen LogP contribution in [0.5, 0.6) is 0 Å². The van der Waals surface area contributed by atoms with Gasteiger partial charge >= 0.3 is 0 Å². The molecule has 1 unspecified atom stereocenters. The molecule has 1 amide bonds. The predicted octanol–water partition coefficient (Wildman–Crippen LogP) is 4.58. The molecule has 0 aromatic carbocycles. The fourth-order valence-electron chi connectivity index (χ4n) is 2.93. The van der Waals surface area contributed by atoms with Gasteiger partial charge in [-0.25, -0.2) is 0 Å². The summed E-state index contributed by atoms with van der Waals surface area (Å²) < 4.78 is 0. The van der Waals surface area contributed by atoms with Crippen LogP contribution in [0.15, 0.2) is 46.4 Å². The Bertz CT molecular complexity index is 747. The molecule has 0 fully saturated rings. The number of hydrogen-bond acceptors (Lipinski definition) is 5. The van der Waals surface area contributed by atoms with E-state index in [0.29, 0.717) is 11.4 Å². The van der Waals surface area contributed by atoms with E-state index in [4.69, 9.17) is 0 Å². The van der Waals surface area contributed by atoms with Crippen molar-refractivity contribution >= 4 is 34.4 Å². The van der Waals surface area contributed by atoms with Gasteiger partial charge in [0.1, 0.15) is 0 Å².